The largest absolute Gasteiger partial charge is 0.494 e. The number of rotatable bonds is 4. The van der Waals surface area contributed by atoms with E-state index in [2.05, 4.69) is 0 Å². The molecule has 1 fully saturated rings. The van der Waals surface area contributed by atoms with Crippen LogP contribution in [-0.4, -0.2) is 35.8 Å². The van der Waals surface area contributed by atoms with Crippen LogP contribution in [0.25, 0.3) is 0 Å². The molecule has 2 heterocycles. The molecule has 3 unspecified atom stereocenters. The quantitative estimate of drug-likeness (QED) is 0.831. The number of amides is 1. The standard InChI is InChI=1S/C21H25NO4/c1-3-22-18(13-8-7-9-14(12-13)25-4-2)17-19(23)15-10-5-6-11-16(15)26-20(17)21(22)24/h7-9,12,15-16,18H,3-6,10-11H2,1-2H3. The van der Waals surface area contributed by atoms with Crippen molar-refractivity contribution in [3.8, 4) is 5.75 Å². The van der Waals surface area contributed by atoms with Gasteiger partial charge in [-0.2, -0.15) is 0 Å². The van der Waals surface area contributed by atoms with Gasteiger partial charge in [-0.25, -0.2) is 0 Å². The number of benzene rings is 1. The van der Waals surface area contributed by atoms with E-state index >= 15 is 0 Å². The molecule has 0 radical (unpaired) electrons. The minimum Gasteiger partial charge on any atom is -0.494 e. The smallest absolute Gasteiger partial charge is 0.290 e. The Morgan fingerprint density at radius 2 is 2.00 bits per heavy atom. The fourth-order valence-electron chi connectivity index (χ4n) is 4.51. The third kappa shape index (κ3) is 2.61. The highest BCUT2D eigenvalue weighted by Gasteiger charge is 2.51. The number of carbonyl (C=O) groups is 2. The van der Waals surface area contributed by atoms with Crippen LogP contribution in [0.1, 0.15) is 51.1 Å². The summed E-state index contributed by atoms with van der Waals surface area (Å²) in [6, 6.07) is 7.32. The van der Waals surface area contributed by atoms with Crippen LogP contribution < -0.4 is 4.74 Å². The van der Waals surface area contributed by atoms with Crippen LogP contribution in [0.3, 0.4) is 0 Å². The molecular formula is C21H25NO4. The van der Waals surface area contributed by atoms with E-state index in [-0.39, 0.29) is 35.5 Å². The minimum atomic E-state index is -0.377. The Hall–Kier alpha value is -2.30. The van der Waals surface area contributed by atoms with Crippen molar-refractivity contribution < 1.29 is 19.1 Å². The van der Waals surface area contributed by atoms with Gasteiger partial charge in [-0.3, -0.25) is 9.59 Å². The summed E-state index contributed by atoms with van der Waals surface area (Å²) in [6.07, 6.45) is 3.69. The molecule has 1 saturated carbocycles. The molecule has 1 aliphatic carbocycles. The zero-order chi connectivity index (χ0) is 18.3. The fraction of sp³-hybridized carbons (Fsp3) is 0.524. The highest BCUT2D eigenvalue weighted by Crippen LogP contribution is 2.46. The molecule has 5 nitrogen and oxygen atoms in total. The number of hydrogen-bond donors (Lipinski definition) is 0. The Bertz CT molecular complexity index is 769. The summed E-state index contributed by atoms with van der Waals surface area (Å²) in [5, 5.41) is 0. The Labute approximate surface area is 154 Å². The predicted molar refractivity (Wildman–Crippen MR) is 96.6 cm³/mol. The first-order valence-electron chi connectivity index (χ1n) is 9.64. The Morgan fingerprint density at radius 1 is 1.19 bits per heavy atom. The van der Waals surface area contributed by atoms with Gasteiger partial charge in [0.1, 0.15) is 11.9 Å². The van der Waals surface area contributed by atoms with Crippen LogP contribution in [0.4, 0.5) is 0 Å². The Balaban J connectivity index is 1.77. The van der Waals surface area contributed by atoms with Gasteiger partial charge >= 0.3 is 0 Å². The highest BCUT2D eigenvalue weighted by atomic mass is 16.5. The minimum absolute atomic E-state index is 0.104. The molecule has 26 heavy (non-hydrogen) atoms. The number of nitrogens with zero attached hydrogens (tertiary/aromatic N) is 1. The van der Waals surface area contributed by atoms with Crippen molar-refractivity contribution in [2.24, 2.45) is 5.92 Å². The van der Waals surface area contributed by atoms with E-state index in [4.69, 9.17) is 9.47 Å². The van der Waals surface area contributed by atoms with Gasteiger partial charge in [0.2, 0.25) is 0 Å². The molecule has 138 valence electrons. The monoisotopic (exact) mass is 355 g/mol. The number of fused-ring (bicyclic) bond motifs is 1. The van der Waals surface area contributed by atoms with Crippen LogP contribution in [0, 0.1) is 5.92 Å². The van der Waals surface area contributed by atoms with Crippen molar-refractivity contribution in [1.29, 1.82) is 0 Å². The molecule has 0 N–H and O–H groups in total. The Kier molecular flexibility index (Phi) is 4.47. The summed E-state index contributed by atoms with van der Waals surface area (Å²) in [5.41, 5.74) is 1.45. The first-order chi connectivity index (χ1) is 12.7. The molecule has 3 atom stereocenters. The number of carbonyl (C=O) groups excluding carboxylic acids is 2. The normalized spacial score (nSPS) is 27.9. The van der Waals surface area contributed by atoms with E-state index in [1.807, 2.05) is 38.1 Å². The molecule has 4 rings (SSSR count). The highest BCUT2D eigenvalue weighted by molar-refractivity contribution is 6.11. The van der Waals surface area contributed by atoms with Crippen molar-refractivity contribution in [3.63, 3.8) is 0 Å². The van der Waals surface area contributed by atoms with Crippen molar-refractivity contribution >= 4 is 11.7 Å². The first kappa shape index (κ1) is 17.1. The zero-order valence-corrected chi connectivity index (χ0v) is 15.4. The molecule has 3 aliphatic rings. The maximum Gasteiger partial charge on any atom is 0.290 e. The van der Waals surface area contributed by atoms with Crippen LogP contribution in [0.2, 0.25) is 0 Å². The van der Waals surface area contributed by atoms with Gasteiger partial charge in [0, 0.05) is 6.54 Å². The van der Waals surface area contributed by atoms with E-state index in [0.717, 1.165) is 37.0 Å². The number of hydrogen-bond acceptors (Lipinski definition) is 4. The van der Waals surface area contributed by atoms with E-state index in [0.29, 0.717) is 18.7 Å². The van der Waals surface area contributed by atoms with E-state index in [9.17, 15) is 9.59 Å². The number of ketones is 1. The zero-order valence-electron chi connectivity index (χ0n) is 15.4. The van der Waals surface area contributed by atoms with E-state index in [1.54, 1.807) is 4.90 Å². The number of likely N-dealkylation sites (N-methyl/N-ethyl adjacent to an activating group) is 1. The van der Waals surface area contributed by atoms with Crippen LogP contribution in [-0.2, 0) is 14.3 Å². The summed E-state index contributed by atoms with van der Waals surface area (Å²) < 4.78 is 11.7. The predicted octanol–water partition coefficient (Wildman–Crippen LogP) is 3.40. The summed E-state index contributed by atoms with van der Waals surface area (Å²) >= 11 is 0. The molecule has 1 aromatic carbocycles. The molecule has 0 spiro atoms. The second kappa shape index (κ2) is 6.78. The molecule has 1 amide bonds. The van der Waals surface area contributed by atoms with Crippen molar-refractivity contribution in [2.45, 2.75) is 51.7 Å². The first-order valence-corrected chi connectivity index (χ1v) is 9.64. The Morgan fingerprint density at radius 3 is 2.77 bits per heavy atom. The average Bonchev–Trinajstić information content (AvgIpc) is 2.95. The number of Topliss-reactive ketones (excluding diaryl/α,β-unsaturated/α-hetero) is 1. The van der Waals surface area contributed by atoms with Crippen molar-refractivity contribution in [3.05, 3.63) is 41.2 Å². The van der Waals surface area contributed by atoms with Gasteiger partial charge < -0.3 is 14.4 Å². The summed E-state index contributed by atoms with van der Waals surface area (Å²) in [7, 11) is 0. The molecule has 0 bridgehead atoms. The summed E-state index contributed by atoms with van der Waals surface area (Å²) in [4.78, 5) is 28.0. The second-order valence-corrected chi connectivity index (χ2v) is 7.15. The number of ether oxygens (including phenoxy) is 2. The lowest BCUT2D eigenvalue weighted by atomic mass is 9.77. The van der Waals surface area contributed by atoms with E-state index < -0.39 is 0 Å². The van der Waals surface area contributed by atoms with Gasteiger partial charge in [-0.15, -0.1) is 0 Å². The van der Waals surface area contributed by atoms with Crippen LogP contribution >= 0.6 is 0 Å². The topological polar surface area (TPSA) is 55.8 Å². The van der Waals surface area contributed by atoms with Crippen molar-refractivity contribution in [1.82, 2.24) is 4.90 Å². The third-order valence-electron chi connectivity index (χ3n) is 5.68. The second-order valence-electron chi connectivity index (χ2n) is 7.15. The van der Waals surface area contributed by atoms with Gasteiger partial charge in [0.05, 0.1) is 24.1 Å². The molecule has 2 aliphatic heterocycles. The lowest BCUT2D eigenvalue weighted by Gasteiger charge is -2.35. The average molecular weight is 355 g/mol. The van der Waals surface area contributed by atoms with Gasteiger partial charge in [0.25, 0.3) is 5.91 Å². The maximum absolute atomic E-state index is 13.3. The summed E-state index contributed by atoms with van der Waals surface area (Å²) in [5.74, 6) is 0.873. The lowest BCUT2D eigenvalue weighted by Crippen LogP contribution is -2.39. The fourth-order valence-corrected chi connectivity index (χ4v) is 4.51. The molecule has 0 aromatic heterocycles. The lowest BCUT2D eigenvalue weighted by molar-refractivity contribution is -0.135. The van der Waals surface area contributed by atoms with E-state index in [1.165, 1.54) is 0 Å². The summed E-state index contributed by atoms with van der Waals surface area (Å²) in [6.45, 7) is 4.98. The van der Waals surface area contributed by atoms with Crippen LogP contribution in [0.15, 0.2) is 35.6 Å². The maximum atomic E-state index is 13.3. The van der Waals surface area contributed by atoms with Gasteiger partial charge in [-0.05, 0) is 50.8 Å². The molecule has 1 aromatic rings. The van der Waals surface area contributed by atoms with Gasteiger partial charge in [0.15, 0.2) is 11.5 Å². The van der Waals surface area contributed by atoms with Crippen LogP contribution in [0.5, 0.6) is 5.75 Å². The third-order valence-corrected chi connectivity index (χ3v) is 5.68. The van der Waals surface area contributed by atoms with Crippen molar-refractivity contribution in [2.75, 3.05) is 13.2 Å². The van der Waals surface area contributed by atoms with Gasteiger partial charge in [-0.1, -0.05) is 18.6 Å². The molecule has 5 heteroatoms. The molecular weight excluding hydrogens is 330 g/mol. The SMILES string of the molecule is CCOc1cccc(C2C3=C(OC4CCCCC4C3=O)C(=O)N2CC)c1. The molecule has 0 saturated heterocycles.